The van der Waals surface area contributed by atoms with Gasteiger partial charge in [0.2, 0.25) is 0 Å². The number of nitrogens with one attached hydrogen (secondary N) is 1. The smallest absolute Gasteiger partial charge is 0.317 e. The second-order valence-corrected chi connectivity index (χ2v) is 6.57. The second-order valence-electron chi connectivity index (χ2n) is 6.57. The Morgan fingerprint density at radius 1 is 1.14 bits per heavy atom. The van der Waals surface area contributed by atoms with Crippen LogP contribution in [0.4, 0.5) is 9.18 Å². The summed E-state index contributed by atoms with van der Waals surface area (Å²) in [6.45, 7) is 9.88. The molecular weight excluding hydrogens is 269 g/mol. The van der Waals surface area contributed by atoms with E-state index < -0.39 is 0 Å². The van der Waals surface area contributed by atoms with Gasteiger partial charge >= 0.3 is 6.03 Å². The molecule has 1 aliphatic heterocycles. The lowest BCUT2D eigenvalue weighted by Gasteiger charge is -2.36. The number of rotatable bonds is 2. The van der Waals surface area contributed by atoms with Gasteiger partial charge in [0.05, 0.1) is 0 Å². The third kappa shape index (κ3) is 5.01. The maximum Gasteiger partial charge on any atom is 0.317 e. The van der Waals surface area contributed by atoms with E-state index in [2.05, 4.69) is 10.2 Å². The van der Waals surface area contributed by atoms with Crippen LogP contribution >= 0.6 is 0 Å². The van der Waals surface area contributed by atoms with Crippen LogP contribution in [0.25, 0.3) is 0 Å². The number of nitrogens with zero attached hydrogens (tertiary/aromatic N) is 2. The van der Waals surface area contributed by atoms with Gasteiger partial charge in [-0.05, 0) is 38.5 Å². The van der Waals surface area contributed by atoms with Gasteiger partial charge in [-0.25, -0.2) is 9.18 Å². The molecule has 0 unspecified atom stereocenters. The third-order valence-corrected chi connectivity index (χ3v) is 3.46. The van der Waals surface area contributed by atoms with Crippen LogP contribution in [0.1, 0.15) is 26.3 Å². The van der Waals surface area contributed by atoms with Crippen LogP contribution in [0, 0.1) is 5.82 Å². The number of piperazine rings is 1. The van der Waals surface area contributed by atoms with Crippen LogP contribution in [0.3, 0.4) is 0 Å². The first kappa shape index (κ1) is 15.8. The van der Waals surface area contributed by atoms with Gasteiger partial charge in [0.25, 0.3) is 0 Å². The van der Waals surface area contributed by atoms with E-state index in [0.29, 0.717) is 0 Å². The van der Waals surface area contributed by atoms with E-state index in [0.717, 1.165) is 38.3 Å². The molecule has 116 valence electrons. The predicted octanol–water partition coefficient (Wildman–Crippen LogP) is 2.45. The first-order chi connectivity index (χ1) is 9.83. The molecule has 0 aliphatic carbocycles. The molecule has 1 N–H and O–H groups in total. The zero-order chi connectivity index (χ0) is 15.5. The fourth-order valence-electron chi connectivity index (χ4n) is 2.36. The molecule has 0 saturated carbocycles. The van der Waals surface area contributed by atoms with E-state index in [4.69, 9.17) is 0 Å². The molecule has 2 rings (SSSR count). The fourth-order valence-corrected chi connectivity index (χ4v) is 2.36. The zero-order valence-corrected chi connectivity index (χ0v) is 13.0. The van der Waals surface area contributed by atoms with Crippen LogP contribution in [0.15, 0.2) is 24.3 Å². The van der Waals surface area contributed by atoms with Crippen LogP contribution in [0.2, 0.25) is 0 Å². The van der Waals surface area contributed by atoms with Crippen molar-refractivity contribution in [1.29, 1.82) is 0 Å². The molecule has 1 aromatic carbocycles. The minimum atomic E-state index is -0.206. The molecule has 0 radical (unpaired) electrons. The van der Waals surface area contributed by atoms with Crippen molar-refractivity contribution in [3.63, 3.8) is 0 Å². The van der Waals surface area contributed by atoms with Crippen LogP contribution in [-0.2, 0) is 6.54 Å². The summed E-state index contributed by atoms with van der Waals surface area (Å²) in [6, 6.07) is 6.61. The molecule has 0 aromatic heterocycles. The molecule has 4 nitrogen and oxygen atoms in total. The van der Waals surface area contributed by atoms with Crippen molar-refractivity contribution in [2.24, 2.45) is 0 Å². The summed E-state index contributed by atoms with van der Waals surface area (Å²) in [5.74, 6) is -0.206. The molecule has 1 saturated heterocycles. The lowest BCUT2D eigenvalue weighted by molar-refractivity contribution is 0.131. The minimum Gasteiger partial charge on any atom is -0.333 e. The molecule has 5 heteroatoms. The highest BCUT2D eigenvalue weighted by Gasteiger charge is 2.23. The highest BCUT2D eigenvalue weighted by Crippen LogP contribution is 2.10. The predicted molar refractivity (Wildman–Crippen MR) is 81.5 cm³/mol. The van der Waals surface area contributed by atoms with Crippen molar-refractivity contribution in [3.05, 3.63) is 35.6 Å². The number of carbonyl (C=O) groups is 1. The van der Waals surface area contributed by atoms with E-state index >= 15 is 0 Å². The molecule has 2 amide bonds. The summed E-state index contributed by atoms with van der Waals surface area (Å²) >= 11 is 0. The molecule has 0 bridgehead atoms. The zero-order valence-electron chi connectivity index (χ0n) is 13.0. The summed E-state index contributed by atoms with van der Waals surface area (Å²) in [5.41, 5.74) is 0.895. The van der Waals surface area contributed by atoms with Gasteiger partial charge in [0, 0.05) is 38.3 Å². The van der Waals surface area contributed by atoms with Gasteiger partial charge in [0.15, 0.2) is 0 Å². The van der Waals surface area contributed by atoms with E-state index in [9.17, 15) is 9.18 Å². The summed E-state index contributed by atoms with van der Waals surface area (Å²) < 4.78 is 12.9. The van der Waals surface area contributed by atoms with Gasteiger partial charge in [-0.2, -0.15) is 0 Å². The van der Waals surface area contributed by atoms with Crippen molar-refractivity contribution < 1.29 is 9.18 Å². The standard InChI is InChI=1S/C16H24FN3O/c1-16(2,3)18-15(21)20-10-8-19(9-11-20)12-13-4-6-14(17)7-5-13/h4-7H,8-12H2,1-3H3,(H,18,21). The average Bonchev–Trinajstić information content (AvgIpc) is 2.40. The number of hydrogen-bond donors (Lipinski definition) is 1. The molecule has 21 heavy (non-hydrogen) atoms. The number of urea groups is 1. The van der Waals surface area contributed by atoms with Crippen LogP contribution in [0.5, 0.6) is 0 Å². The van der Waals surface area contributed by atoms with Crippen molar-refractivity contribution in [3.8, 4) is 0 Å². The maximum absolute atomic E-state index is 12.9. The molecule has 1 heterocycles. The first-order valence-electron chi connectivity index (χ1n) is 7.37. The van der Waals surface area contributed by atoms with Gasteiger partial charge in [0.1, 0.15) is 5.82 Å². The Morgan fingerprint density at radius 3 is 2.24 bits per heavy atom. The largest absolute Gasteiger partial charge is 0.333 e. The average molecular weight is 293 g/mol. The topological polar surface area (TPSA) is 35.6 Å². The number of hydrogen-bond acceptors (Lipinski definition) is 2. The Bertz CT molecular complexity index is 473. The molecule has 1 fully saturated rings. The maximum atomic E-state index is 12.9. The summed E-state index contributed by atoms with van der Waals surface area (Å²) in [7, 11) is 0. The fraction of sp³-hybridized carbons (Fsp3) is 0.562. The summed E-state index contributed by atoms with van der Waals surface area (Å²) in [4.78, 5) is 16.2. The number of halogens is 1. The molecule has 0 spiro atoms. The Hall–Kier alpha value is -1.62. The van der Waals surface area contributed by atoms with Gasteiger partial charge in [-0.3, -0.25) is 4.90 Å². The van der Waals surface area contributed by atoms with Crippen molar-refractivity contribution in [2.45, 2.75) is 32.9 Å². The molecule has 0 atom stereocenters. The lowest BCUT2D eigenvalue weighted by atomic mass is 10.1. The lowest BCUT2D eigenvalue weighted by Crippen LogP contribution is -2.54. The molecular formula is C16H24FN3O. The van der Waals surface area contributed by atoms with Crippen molar-refractivity contribution in [2.75, 3.05) is 26.2 Å². The monoisotopic (exact) mass is 293 g/mol. The third-order valence-electron chi connectivity index (χ3n) is 3.46. The van der Waals surface area contributed by atoms with Gasteiger partial charge in [-0.15, -0.1) is 0 Å². The normalized spacial score (nSPS) is 16.9. The van der Waals surface area contributed by atoms with Crippen molar-refractivity contribution >= 4 is 6.03 Å². The van der Waals surface area contributed by atoms with E-state index in [-0.39, 0.29) is 17.4 Å². The van der Waals surface area contributed by atoms with Gasteiger partial charge in [-0.1, -0.05) is 12.1 Å². The van der Waals surface area contributed by atoms with E-state index in [1.807, 2.05) is 37.8 Å². The number of carbonyl (C=O) groups excluding carboxylic acids is 1. The first-order valence-corrected chi connectivity index (χ1v) is 7.37. The SMILES string of the molecule is CC(C)(C)NC(=O)N1CCN(Cc2ccc(F)cc2)CC1. The Morgan fingerprint density at radius 2 is 1.71 bits per heavy atom. The quantitative estimate of drug-likeness (QED) is 0.909. The molecule has 1 aliphatic rings. The van der Waals surface area contributed by atoms with Crippen molar-refractivity contribution in [1.82, 2.24) is 15.1 Å². The Balaban J connectivity index is 1.80. The second kappa shape index (κ2) is 6.43. The van der Waals surface area contributed by atoms with E-state index in [1.54, 1.807) is 0 Å². The highest BCUT2D eigenvalue weighted by molar-refractivity contribution is 5.75. The summed E-state index contributed by atoms with van der Waals surface area (Å²) in [6.07, 6.45) is 0. The van der Waals surface area contributed by atoms with Crippen LogP contribution < -0.4 is 5.32 Å². The summed E-state index contributed by atoms with van der Waals surface area (Å²) in [5, 5.41) is 2.99. The highest BCUT2D eigenvalue weighted by atomic mass is 19.1. The minimum absolute atomic E-state index is 0.00364. The van der Waals surface area contributed by atoms with Crippen LogP contribution in [-0.4, -0.2) is 47.5 Å². The number of amides is 2. The van der Waals surface area contributed by atoms with E-state index in [1.165, 1.54) is 12.1 Å². The Kier molecular flexibility index (Phi) is 4.83. The van der Waals surface area contributed by atoms with Gasteiger partial charge < -0.3 is 10.2 Å². The number of benzene rings is 1. The Labute approximate surface area is 125 Å². The molecule has 1 aromatic rings.